The molecule has 0 atom stereocenters. The Bertz CT molecular complexity index is 558. The minimum absolute atomic E-state index is 0.199. The lowest BCUT2D eigenvalue weighted by atomic mass is 10.0. The number of nitrogens with one attached hydrogen (secondary N) is 2. The molecule has 3 N–H and O–H groups in total. The molecule has 0 aromatic heterocycles. The van der Waals surface area contributed by atoms with E-state index in [4.69, 9.17) is 5.11 Å². The largest absolute Gasteiger partial charge is 0.478 e. The number of urea groups is 1. The SMILES string of the molecule is CC(C)=CCNC(=O)Nc1cc(C)c(C)c(C(=O)O)c1. The lowest BCUT2D eigenvalue weighted by Crippen LogP contribution is -2.29. The number of anilines is 1. The van der Waals surface area contributed by atoms with Gasteiger partial charge in [0.25, 0.3) is 0 Å². The van der Waals surface area contributed by atoms with Crippen molar-refractivity contribution in [3.8, 4) is 0 Å². The first-order valence-corrected chi connectivity index (χ1v) is 6.34. The van der Waals surface area contributed by atoms with E-state index in [1.807, 2.05) is 26.8 Å². The minimum atomic E-state index is -1.00. The van der Waals surface area contributed by atoms with Gasteiger partial charge < -0.3 is 15.7 Å². The van der Waals surface area contributed by atoms with Gasteiger partial charge in [0.1, 0.15) is 0 Å². The molecule has 1 aromatic carbocycles. The first-order chi connectivity index (χ1) is 9.31. The summed E-state index contributed by atoms with van der Waals surface area (Å²) in [7, 11) is 0. The first kappa shape index (κ1) is 15.8. The predicted molar refractivity (Wildman–Crippen MR) is 79.3 cm³/mol. The van der Waals surface area contributed by atoms with Gasteiger partial charge in [0, 0.05) is 12.2 Å². The zero-order valence-corrected chi connectivity index (χ0v) is 12.2. The van der Waals surface area contributed by atoms with Gasteiger partial charge in [-0.3, -0.25) is 0 Å². The fraction of sp³-hybridized carbons (Fsp3) is 0.333. The maximum absolute atomic E-state index is 11.7. The molecule has 2 amide bonds. The molecule has 0 aliphatic rings. The number of aryl methyl sites for hydroxylation is 1. The van der Waals surface area contributed by atoms with Gasteiger partial charge in [-0.2, -0.15) is 0 Å². The van der Waals surface area contributed by atoms with E-state index in [1.54, 1.807) is 13.0 Å². The van der Waals surface area contributed by atoms with Crippen LogP contribution in [0.5, 0.6) is 0 Å². The number of aromatic carboxylic acids is 1. The Labute approximate surface area is 118 Å². The van der Waals surface area contributed by atoms with Crippen LogP contribution in [0.2, 0.25) is 0 Å². The molecule has 0 radical (unpaired) electrons. The molecule has 0 spiro atoms. The fourth-order valence-electron chi connectivity index (χ4n) is 1.68. The van der Waals surface area contributed by atoms with Crippen LogP contribution in [0.15, 0.2) is 23.8 Å². The third-order valence-electron chi connectivity index (χ3n) is 2.93. The van der Waals surface area contributed by atoms with Gasteiger partial charge in [0.15, 0.2) is 0 Å². The normalized spacial score (nSPS) is 9.80. The number of hydrogen-bond acceptors (Lipinski definition) is 2. The van der Waals surface area contributed by atoms with Crippen LogP contribution in [0.1, 0.15) is 35.3 Å². The van der Waals surface area contributed by atoms with Crippen molar-refractivity contribution in [2.75, 3.05) is 11.9 Å². The Kier molecular flexibility index (Phi) is 5.32. The van der Waals surface area contributed by atoms with Crippen LogP contribution in [0.4, 0.5) is 10.5 Å². The van der Waals surface area contributed by atoms with Gasteiger partial charge in [-0.25, -0.2) is 9.59 Å². The molecule has 1 rings (SSSR count). The maximum atomic E-state index is 11.7. The lowest BCUT2D eigenvalue weighted by molar-refractivity contribution is 0.0696. The molecular weight excluding hydrogens is 256 g/mol. The summed E-state index contributed by atoms with van der Waals surface area (Å²) in [6.07, 6.45) is 1.89. The third kappa shape index (κ3) is 4.42. The van der Waals surface area contributed by atoms with Crippen LogP contribution >= 0.6 is 0 Å². The highest BCUT2D eigenvalue weighted by atomic mass is 16.4. The summed E-state index contributed by atoms with van der Waals surface area (Å²) in [4.78, 5) is 22.8. The quantitative estimate of drug-likeness (QED) is 0.739. The lowest BCUT2D eigenvalue weighted by Gasteiger charge is -2.11. The molecule has 5 nitrogen and oxygen atoms in total. The molecule has 0 saturated heterocycles. The zero-order chi connectivity index (χ0) is 15.3. The molecule has 0 bridgehead atoms. The Morgan fingerprint density at radius 2 is 1.90 bits per heavy atom. The highest BCUT2D eigenvalue weighted by molar-refractivity contribution is 5.94. The molecule has 1 aromatic rings. The van der Waals surface area contributed by atoms with Crippen LogP contribution in [-0.2, 0) is 0 Å². The van der Waals surface area contributed by atoms with Gasteiger partial charge in [-0.1, -0.05) is 11.6 Å². The fourth-order valence-corrected chi connectivity index (χ4v) is 1.68. The molecule has 0 aliphatic carbocycles. The number of benzene rings is 1. The Balaban J connectivity index is 2.80. The minimum Gasteiger partial charge on any atom is -0.478 e. The number of carbonyl (C=O) groups is 2. The summed E-state index contributed by atoms with van der Waals surface area (Å²) in [5.74, 6) is -1.00. The molecular formula is C15H20N2O3. The number of carbonyl (C=O) groups excluding carboxylic acids is 1. The van der Waals surface area contributed by atoms with E-state index in [-0.39, 0.29) is 11.6 Å². The van der Waals surface area contributed by atoms with Gasteiger partial charge in [0.2, 0.25) is 0 Å². The van der Waals surface area contributed by atoms with Crippen LogP contribution in [0.25, 0.3) is 0 Å². The molecule has 20 heavy (non-hydrogen) atoms. The van der Waals surface area contributed by atoms with E-state index in [0.29, 0.717) is 17.8 Å². The highest BCUT2D eigenvalue weighted by Crippen LogP contribution is 2.19. The average molecular weight is 276 g/mol. The number of rotatable bonds is 4. The van der Waals surface area contributed by atoms with E-state index < -0.39 is 5.97 Å². The summed E-state index contributed by atoms with van der Waals surface area (Å²) in [5, 5.41) is 14.4. The molecule has 0 unspecified atom stereocenters. The van der Waals surface area contributed by atoms with E-state index in [0.717, 1.165) is 11.1 Å². The summed E-state index contributed by atoms with van der Waals surface area (Å²) >= 11 is 0. The monoisotopic (exact) mass is 276 g/mol. The summed E-state index contributed by atoms with van der Waals surface area (Å²) in [6.45, 7) is 7.89. The summed E-state index contributed by atoms with van der Waals surface area (Å²) in [6, 6.07) is 2.86. The second-order valence-electron chi connectivity index (χ2n) is 4.89. The second kappa shape index (κ2) is 6.75. The van der Waals surface area contributed by atoms with Crippen LogP contribution < -0.4 is 10.6 Å². The smallest absolute Gasteiger partial charge is 0.336 e. The number of allylic oxidation sites excluding steroid dienone is 1. The van der Waals surface area contributed by atoms with Gasteiger partial charge in [0.05, 0.1) is 5.56 Å². The van der Waals surface area contributed by atoms with Crippen molar-refractivity contribution in [3.05, 3.63) is 40.5 Å². The predicted octanol–water partition coefficient (Wildman–Crippen LogP) is 3.09. The second-order valence-corrected chi connectivity index (χ2v) is 4.89. The third-order valence-corrected chi connectivity index (χ3v) is 2.93. The van der Waals surface area contributed by atoms with Gasteiger partial charge >= 0.3 is 12.0 Å². The number of amides is 2. The van der Waals surface area contributed by atoms with Gasteiger partial charge in [-0.05, 0) is 51.0 Å². The van der Waals surface area contributed by atoms with Crippen LogP contribution in [0, 0.1) is 13.8 Å². The molecule has 0 aliphatic heterocycles. The molecule has 5 heteroatoms. The van der Waals surface area contributed by atoms with E-state index in [1.165, 1.54) is 6.07 Å². The van der Waals surface area contributed by atoms with E-state index >= 15 is 0 Å². The number of carboxylic acid groups (broad SMARTS) is 1. The maximum Gasteiger partial charge on any atom is 0.336 e. The van der Waals surface area contributed by atoms with Crippen molar-refractivity contribution in [2.45, 2.75) is 27.7 Å². The summed E-state index contributed by atoms with van der Waals surface area (Å²) < 4.78 is 0. The van der Waals surface area contributed by atoms with Gasteiger partial charge in [-0.15, -0.1) is 0 Å². The molecule has 108 valence electrons. The molecule has 0 saturated carbocycles. The van der Waals surface area contributed by atoms with Crippen molar-refractivity contribution in [1.82, 2.24) is 5.32 Å². The molecule has 0 heterocycles. The topological polar surface area (TPSA) is 78.4 Å². The Morgan fingerprint density at radius 3 is 2.45 bits per heavy atom. The van der Waals surface area contributed by atoms with Crippen LogP contribution in [-0.4, -0.2) is 23.7 Å². The number of carboxylic acids is 1. The van der Waals surface area contributed by atoms with Crippen molar-refractivity contribution in [2.24, 2.45) is 0 Å². The Hall–Kier alpha value is -2.30. The van der Waals surface area contributed by atoms with E-state index in [2.05, 4.69) is 10.6 Å². The Morgan fingerprint density at radius 1 is 1.25 bits per heavy atom. The van der Waals surface area contributed by atoms with Crippen molar-refractivity contribution < 1.29 is 14.7 Å². The summed E-state index contributed by atoms with van der Waals surface area (Å²) in [5.41, 5.74) is 3.31. The van der Waals surface area contributed by atoms with Crippen molar-refractivity contribution in [1.29, 1.82) is 0 Å². The molecule has 0 fully saturated rings. The van der Waals surface area contributed by atoms with Crippen molar-refractivity contribution >= 4 is 17.7 Å². The zero-order valence-electron chi connectivity index (χ0n) is 12.2. The highest BCUT2D eigenvalue weighted by Gasteiger charge is 2.11. The average Bonchev–Trinajstić information content (AvgIpc) is 2.32. The standard InChI is InChI=1S/C15H20N2O3/c1-9(2)5-6-16-15(20)17-12-7-10(3)11(4)13(8-12)14(18)19/h5,7-8H,6H2,1-4H3,(H,18,19)(H2,16,17,20). The first-order valence-electron chi connectivity index (χ1n) is 6.34. The van der Waals surface area contributed by atoms with Crippen molar-refractivity contribution in [3.63, 3.8) is 0 Å². The number of hydrogen-bond donors (Lipinski definition) is 3. The van der Waals surface area contributed by atoms with E-state index in [9.17, 15) is 9.59 Å². The van der Waals surface area contributed by atoms with Crippen LogP contribution in [0.3, 0.4) is 0 Å².